The van der Waals surface area contributed by atoms with E-state index in [9.17, 15) is 14.4 Å². The quantitative estimate of drug-likeness (QED) is 0.104. The Labute approximate surface area is 372 Å². The molecule has 61 heavy (non-hydrogen) atoms. The minimum absolute atomic E-state index is 0.0247. The summed E-state index contributed by atoms with van der Waals surface area (Å²) < 4.78 is 18.6. The molecule has 7 unspecified atom stereocenters. The number of rotatable bonds is 13. The molecule has 7 atom stereocenters. The molecule has 0 N–H and O–H groups in total. The van der Waals surface area contributed by atoms with E-state index in [1.165, 1.54) is 82.6 Å². The van der Waals surface area contributed by atoms with Gasteiger partial charge in [0.25, 0.3) is 0 Å². The molecule has 6 heteroatoms. The van der Waals surface area contributed by atoms with Gasteiger partial charge < -0.3 is 14.2 Å². The van der Waals surface area contributed by atoms with Crippen LogP contribution >= 0.6 is 0 Å². The number of hydrogen-bond donors (Lipinski definition) is 0. The Morgan fingerprint density at radius 1 is 0.623 bits per heavy atom. The van der Waals surface area contributed by atoms with E-state index in [-0.39, 0.29) is 51.0 Å². The average molecular weight is 845 g/mol. The van der Waals surface area contributed by atoms with Gasteiger partial charge in [0, 0.05) is 23.7 Å². The highest BCUT2D eigenvalue weighted by molar-refractivity contribution is 5.77. The lowest BCUT2D eigenvalue weighted by atomic mass is 9.47. The molecule has 0 spiro atoms. The molecule has 9 aliphatic carbocycles. The summed E-state index contributed by atoms with van der Waals surface area (Å²) in [5.74, 6) is 6.28. The summed E-state index contributed by atoms with van der Waals surface area (Å²) in [7, 11) is 0. The van der Waals surface area contributed by atoms with Crippen LogP contribution < -0.4 is 0 Å². The van der Waals surface area contributed by atoms with E-state index >= 15 is 0 Å². The van der Waals surface area contributed by atoms with E-state index in [1.807, 2.05) is 40.7 Å². The van der Waals surface area contributed by atoms with Gasteiger partial charge in [0.05, 0.1) is 16.2 Å². The van der Waals surface area contributed by atoms with Crippen molar-refractivity contribution >= 4 is 17.9 Å². The van der Waals surface area contributed by atoms with Crippen LogP contribution in [0, 0.1) is 69.5 Å². The molecule has 0 radical (unpaired) electrons. The maximum atomic E-state index is 13.2. The van der Waals surface area contributed by atoms with Crippen LogP contribution in [0.3, 0.4) is 0 Å². The van der Waals surface area contributed by atoms with Gasteiger partial charge in [-0.2, -0.15) is 0 Å². The topological polar surface area (TPSA) is 78.9 Å². The van der Waals surface area contributed by atoms with Gasteiger partial charge in [0.15, 0.2) is 0 Å². The number of carbonyl (C=O) groups excluding carboxylic acids is 3. The number of hydrogen-bond acceptors (Lipinski definition) is 6. The fraction of sp³-hybridized carbons (Fsp3) is 0.836. The second-order valence-electron chi connectivity index (χ2n) is 23.7. The first-order valence-corrected chi connectivity index (χ1v) is 25.4. The molecular formula is C55H88O6. The zero-order valence-corrected chi connectivity index (χ0v) is 40.8. The Kier molecular flexibility index (Phi) is 14.7. The van der Waals surface area contributed by atoms with Gasteiger partial charge in [0.1, 0.15) is 16.8 Å². The summed E-state index contributed by atoms with van der Waals surface area (Å²) in [6, 6.07) is 0. The number of fused-ring (bicyclic) bond motifs is 4. The predicted molar refractivity (Wildman–Crippen MR) is 247 cm³/mol. The van der Waals surface area contributed by atoms with Crippen LogP contribution in [-0.4, -0.2) is 34.7 Å². The SMILES string of the molecule is C=CC1(OC(=O)C(C)(C)CC)CC2CCC1C2.CC/C=C/C1(OC(=O)C(C)(C)CC)CC2CCC1C2.CCC(C)(C)C(=O)OC1(C2=CCC(C)CC2)C2CC3CC(C2)CC1C3. The highest BCUT2D eigenvalue weighted by Crippen LogP contribution is 2.63. The molecule has 0 aliphatic heterocycles. The van der Waals surface area contributed by atoms with Crippen molar-refractivity contribution < 1.29 is 28.6 Å². The second-order valence-corrected chi connectivity index (χ2v) is 23.7. The summed E-state index contributed by atoms with van der Waals surface area (Å²) in [6.45, 7) is 26.6. The van der Waals surface area contributed by atoms with Crippen molar-refractivity contribution in [1.82, 2.24) is 0 Å². The first-order chi connectivity index (χ1) is 28.7. The van der Waals surface area contributed by atoms with E-state index in [0.29, 0.717) is 23.7 Å². The number of esters is 3. The summed E-state index contributed by atoms with van der Waals surface area (Å²) in [4.78, 5) is 37.8. The molecule has 8 bridgehead atoms. The third-order valence-corrected chi connectivity index (χ3v) is 18.3. The normalized spacial score (nSPS) is 38.3. The lowest BCUT2D eigenvalue weighted by molar-refractivity contribution is -0.206. The van der Waals surface area contributed by atoms with Crippen molar-refractivity contribution in [3.8, 4) is 0 Å². The monoisotopic (exact) mass is 845 g/mol. The Balaban J connectivity index is 0.000000157. The highest BCUT2D eigenvalue weighted by atomic mass is 16.6. The zero-order chi connectivity index (χ0) is 44.6. The standard InChI is InChI=1S/C23H36O2.C17H28O2.C15H24O2/c1-5-22(3,4)21(24)25-23(18-8-6-15(2)7-9-18)19-11-16-10-17(13-19)14-20(23)12-16;1-5-7-10-17(12-13-8-9-14(17)11-13)19-15(18)16(3,4)6-2;1-5-14(3,4)13(16)17-15(6-2)10-11-7-8-12(15)9-11/h8,15-17,19-20H,5-7,9-14H2,1-4H3;7,10,13-14H,5-6,8-9,11-12H2,1-4H3;6,11-12H,2,5,7-10H2,1,3-4H3/b;10-7+;. The molecule has 8 saturated carbocycles. The van der Waals surface area contributed by atoms with E-state index < -0.39 is 0 Å². The largest absolute Gasteiger partial charge is 0.454 e. The van der Waals surface area contributed by atoms with Crippen molar-refractivity contribution in [2.24, 2.45) is 69.5 Å². The van der Waals surface area contributed by atoms with E-state index in [4.69, 9.17) is 14.2 Å². The summed E-state index contributed by atoms with van der Waals surface area (Å²) in [6.07, 6.45) is 31.9. The van der Waals surface area contributed by atoms with E-state index in [0.717, 1.165) is 81.0 Å². The molecule has 8 fully saturated rings. The van der Waals surface area contributed by atoms with Gasteiger partial charge in [-0.25, -0.2) is 0 Å². The van der Waals surface area contributed by atoms with E-state index in [2.05, 4.69) is 66.3 Å². The fourth-order valence-corrected chi connectivity index (χ4v) is 13.0. The molecule has 0 amide bonds. The Morgan fingerprint density at radius 2 is 1.07 bits per heavy atom. The first-order valence-electron chi connectivity index (χ1n) is 25.4. The molecule has 0 aromatic carbocycles. The molecular weight excluding hydrogens is 757 g/mol. The average Bonchev–Trinajstić information content (AvgIpc) is 4.05. The van der Waals surface area contributed by atoms with Crippen LogP contribution in [0.2, 0.25) is 0 Å². The Morgan fingerprint density at radius 3 is 1.44 bits per heavy atom. The minimum Gasteiger partial charge on any atom is -0.454 e. The summed E-state index contributed by atoms with van der Waals surface area (Å²) in [5.41, 5.74) is -0.511. The van der Waals surface area contributed by atoms with Crippen LogP contribution in [0.15, 0.2) is 36.5 Å². The Hall–Kier alpha value is -2.37. The third kappa shape index (κ3) is 9.70. The molecule has 0 aromatic rings. The second kappa shape index (κ2) is 18.6. The minimum atomic E-state index is -0.377. The van der Waals surface area contributed by atoms with Crippen molar-refractivity contribution in [2.45, 2.75) is 221 Å². The van der Waals surface area contributed by atoms with Crippen molar-refractivity contribution in [3.63, 3.8) is 0 Å². The van der Waals surface area contributed by atoms with Gasteiger partial charge >= 0.3 is 17.9 Å². The number of allylic oxidation sites excluding steroid dienone is 2. The fourth-order valence-electron chi connectivity index (χ4n) is 13.0. The van der Waals surface area contributed by atoms with Crippen molar-refractivity contribution in [3.05, 3.63) is 36.5 Å². The summed E-state index contributed by atoms with van der Waals surface area (Å²) >= 11 is 0. The third-order valence-electron chi connectivity index (χ3n) is 18.3. The molecule has 0 aromatic heterocycles. The van der Waals surface area contributed by atoms with Crippen molar-refractivity contribution in [1.29, 1.82) is 0 Å². The molecule has 9 aliphatic rings. The van der Waals surface area contributed by atoms with Crippen LogP contribution in [0.1, 0.15) is 205 Å². The van der Waals surface area contributed by atoms with Gasteiger partial charge in [-0.3, -0.25) is 14.4 Å². The molecule has 344 valence electrons. The lowest BCUT2D eigenvalue weighted by Gasteiger charge is -2.61. The van der Waals surface area contributed by atoms with Crippen LogP contribution in [0.5, 0.6) is 0 Å². The van der Waals surface area contributed by atoms with Crippen LogP contribution in [0.25, 0.3) is 0 Å². The molecule has 9 rings (SSSR count). The first kappa shape index (κ1) is 48.1. The molecule has 0 heterocycles. The molecule has 6 nitrogen and oxygen atoms in total. The predicted octanol–water partition coefficient (Wildman–Crippen LogP) is 14.1. The molecule has 0 saturated heterocycles. The van der Waals surface area contributed by atoms with Gasteiger partial charge in [-0.05, 0) is 217 Å². The smallest absolute Gasteiger partial charge is 0.312 e. The summed E-state index contributed by atoms with van der Waals surface area (Å²) in [5, 5.41) is 0. The Bertz CT molecular complexity index is 1620. The number of carbonyl (C=O) groups is 3. The highest BCUT2D eigenvalue weighted by Gasteiger charge is 2.62. The van der Waals surface area contributed by atoms with Gasteiger partial charge in [0.2, 0.25) is 0 Å². The maximum Gasteiger partial charge on any atom is 0.312 e. The van der Waals surface area contributed by atoms with Gasteiger partial charge in [-0.15, -0.1) is 0 Å². The van der Waals surface area contributed by atoms with E-state index in [1.54, 1.807) is 0 Å². The number of ether oxygens (including phenoxy) is 3. The maximum absolute atomic E-state index is 13.2. The van der Waals surface area contributed by atoms with Crippen molar-refractivity contribution in [2.75, 3.05) is 0 Å². The lowest BCUT2D eigenvalue weighted by Crippen LogP contribution is -2.61. The van der Waals surface area contributed by atoms with Gasteiger partial charge in [-0.1, -0.05) is 53.3 Å². The zero-order valence-electron chi connectivity index (χ0n) is 40.8. The van der Waals surface area contributed by atoms with Crippen LogP contribution in [0.4, 0.5) is 0 Å². The van der Waals surface area contributed by atoms with Crippen LogP contribution in [-0.2, 0) is 28.6 Å².